The molecule has 1 aliphatic heterocycles. The van der Waals surface area contributed by atoms with Gasteiger partial charge in [-0.05, 0) is 29.7 Å². The van der Waals surface area contributed by atoms with Gasteiger partial charge in [-0.25, -0.2) is 4.98 Å². The molecule has 0 atom stereocenters. The quantitative estimate of drug-likeness (QED) is 0.902. The number of fused-ring (bicyclic) bond motifs is 1. The van der Waals surface area contributed by atoms with Gasteiger partial charge < -0.3 is 10.6 Å². The van der Waals surface area contributed by atoms with Crippen LogP contribution in [0.5, 0.6) is 0 Å². The number of nitrogens with zero attached hydrogens (tertiary/aromatic N) is 2. The predicted octanol–water partition coefficient (Wildman–Crippen LogP) is 2.89. The van der Waals surface area contributed by atoms with Gasteiger partial charge in [0.25, 0.3) is 0 Å². The van der Waals surface area contributed by atoms with E-state index in [4.69, 9.17) is 17.3 Å². The van der Waals surface area contributed by atoms with Gasteiger partial charge >= 0.3 is 0 Å². The van der Waals surface area contributed by atoms with Crippen LogP contribution < -0.4 is 10.6 Å². The minimum absolute atomic E-state index is 0.434. The molecule has 2 aromatic rings. The van der Waals surface area contributed by atoms with Crippen LogP contribution in [0.1, 0.15) is 11.1 Å². The summed E-state index contributed by atoms with van der Waals surface area (Å²) < 4.78 is 0. The average molecular weight is 260 g/mol. The molecule has 0 saturated carbocycles. The number of rotatable bonds is 2. The smallest absolute Gasteiger partial charge is 0.133 e. The predicted molar refractivity (Wildman–Crippen MR) is 74.3 cm³/mol. The van der Waals surface area contributed by atoms with Crippen LogP contribution in [0.4, 0.5) is 11.5 Å². The first kappa shape index (κ1) is 11.5. The minimum atomic E-state index is 0.434. The van der Waals surface area contributed by atoms with E-state index in [2.05, 4.69) is 34.1 Å². The first-order valence-corrected chi connectivity index (χ1v) is 6.37. The summed E-state index contributed by atoms with van der Waals surface area (Å²) in [5, 5.41) is 0.633. The van der Waals surface area contributed by atoms with Gasteiger partial charge in [0.05, 0.1) is 5.02 Å². The first-order chi connectivity index (χ1) is 8.79. The third kappa shape index (κ3) is 1.85. The molecule has 3 rings (SSSR count). The maximum absolute atomic E-state index is 6.04. The Morgan fingerprint density at radius 1 is 1.33 bits per heavy atom. The van der Waals surface area contributed by atoms with E-state index in [-0.39, 0.29) is 0 Å². The van der Waals surface area contributed by atoms with Crippen LogP contribution in [0.15, 0.2) is 36.5 Å². The van der Waals surface area contributed by atoms with Crippen LogP contribution in [0.25, 0.3) is 0 Å². The zero-order valence-corrected chi connectivity index (χ0v) is 10.7. The Balaban J connectivity index is 2.02. The van der Waals surface area contributed by atoms with Crippen LogP contribution in [0.2, 0.25) is 5.02 Å². The SMILES string of the molecule is NCc1cc(N2CCc3ccccc32)ncc1Cl. The van der Waals surface area contributed by atoms with Gasteiger partial charge in [-0.1, -0.05) is 29.8 Å². The summed E-state index contributed by atoms with van der Waals surface area (Å²) in [4.78, 5) is 6.62. The Morgan fingerprint density at radius 3 is 3.00 bits per heavy atom. The van der Waals surface area contributed by atoms with Crippen LogP contribution in [0.3, 0.4) is 0 Å². The standard InChI is InChI=1S/C14H14ClN3/c15-12-9-17-14(7-11(12)8-16)18-6-5-10-3-1-2-4-13(10)18/h1-4,7,9H,5-6,8,16H2. The number of anilines is 2. The summed E-state index contributed by atoms with van der Waals surface area (Å²) in [5.41, 5.74) is 9.21. The lowest BCUT2D eigenvalue weighted by Gasteiger charge is -2.19. The highest BCUT2D eigenvalue weighted by Gasteiger charge is 2.21. The molecule has 0 radical (unpaired) electrons. The highest BCUT2D eigenvalue weighted by Crippen LogP contribution is 2.34. The van der Waals surface area contributed by atoms with E-state index in [1.165, 1.54) is 11.3 Å². The maximum atomic E-state index is 6.04. The molecule has 0 amide bonds. The molecule has 2 heterocycles. The molecule has 0 bridgehead atoms. The van der Waals surface area contributed by atoms with Crippen molar-refractivity contribution in [3.05, 3.63) is 52.7 Å². The Bertz CT molecular complexity index is 583. The van der Waals surface area contributed by atoms with Crippen molar-refractivity contribution in [2.24, 2.45) is 5.73 Å². The van der Waals surface area contributed by atoms with E-state index in [1.54, 1.807) is 6.20 Å². The van der Waals surface area contributed by atoms with Crippen molar-refractivity contribution in [3.8, 4) is 0 Å². The van der Waals surface area contributed by atoms with Crippen LogP contribution in [0, 0.1) is 0 Å². The molecule has 1 aliphatic rings. The number of para-hydroxylation sites is 1. The monoisotopic (exact) mass is 259 g/mol. The van der Waals surface area contributed by atoms with E-state index in [9.17, 15) is 0 Å². The van der Waals surface area contributed by atoms with Crippen LogP contribution >= 0.6 is 11.6 Å². The van der Waals surface area contributed by atoms with Crippen molar-refractivity contribution in [3.63, 3.8) is 0 Å². The minimum Gasteiger partial charge on any atom is -0.326 e. The summed E-state index contributed by atoms with van der Waals surface area (Å²) in [6, 6.07) is 10.4. The van der Waals surface area contributed by atoms with Gasteiger partial charge in [0, 0.05) is 25.0 Å². The fourth-order valence-electron chi connectivity index (χ4n) is 2.35. The third-order valence-electron chi connectivity index (χ3n) is 3.30. The van der Waals surface area contributed by atoms with Crippen molar-refractivity contribution in [1.29, 1.82) is 0 Å². The van der Waals surface area contributed by atoms with Crippen molar-refractivity contribution in [2.45, 2.75) is 13.0 Å². The fraction of sp³-hybridized carbons (Fsp3) is 0.214. The van der Waals surface area contributed by atoms with Crippen LogP contribution in [-0.4, -0.2) is 11.5 Å². The molecule has 3 nitrogen and oxygen atoms in total. The molecule has 4 heteroatoms. The molecular weight excluding hydrogens is 246 g/mol. The van der Waals surface area contributed by atoms with E-state index in [0.717, 1.165) is 24.3 Å². The lowest BCUT2D eigenvalue weighted by molar-refractivity contribution is 0.964. The van der Waals surface area contributed by atoms with Gasteiger partial charge in [0.15, 0.2) is 0 Å². The lowest BCUT2D eigenvalue weighted by Crippen LogP contribution is -2.15. The Hall–Kier alpha value is -1.58. The fourth-order valence-corrected chi connectivity index (χ4v) is 2.53. The summed E-state index contributed by atoms with van der Waals surface area (Å²) in [5.74, 6) is 0.921. The maximum Gasteiger partial charge on any atom is 0.133 e. The normalized spacial score (nSPS) is 13.8. The number of benzene rings is 1. The molecular formula is C14H14ClN3. The second-order valence-corrected chi connectivity index (χ2v) is 4.78. The second-order valence-electron chi connectivity index (χ2n) is 4.37. The summed E-state index contributed by atoms with van der Waals surface area (Å²) in [7, 11) is 0. The third-order valence-corrected chi connectivity index (χ3v) is 3.64. The molecule has 2 N–H and O–H groups in total. The Morgan fingerprint density at radius 2 is 2.17 bits per heavy atom. The molecule has 0 saturated heterocycles. The van der Waals surface area contributed by atoms with E-state index >= 15 is 0 Å². The Kier molecular flexibility index (Phi) is 2.94. The molecule has 0 spiro atoms. The van der Waals surface area contributed by atoms with Crippen molar-refractivity contribution in [1.82, 2.24) is 4.98 Å². The lowest BCUT2D eigenvalue weighted by atomic mass is 10.2. The number of hydrogen-bond donors (Lipinski definition) is 1. The van der Waals surface area contributed by atoms with E-state index in [0.29, 0.717) is 11.6 Å². The van der Waals surface area contributed by atoms with Crippen molar-refractivity contribution in [2.75, 3.05) is 11.4 Å². The molecule has 92 valence electrons. The van der Waals surface area contributed by atoms with E-state index in [1.807, 2.05) is 6.07 Å². The molecule has 0 unspecified atom stereocenters. The number of pyridine rings is 1. The summed E-state index contributed by atoms with van der Waals surface area (Å²) >= 11 is 6.04. The zero-order chi connectivity index (χ0) is 12.5. The van der Waals surface area contributed by atoms with Crippen molar-refractivity contribution >= 4 is 23.1 Å². The average Bonchev–Trinajstić information content (AvgIpc) is 2.83. The Labute approximate surface area is 111 Å². The first-order valence-electron chi connectivity index (χ1n) is 5.99. The highest BCUT2D eigenvalue weighted by atomic mass is 35.5. The largest absolute Gasteiger partial charge is 0.326 e. The highest BCUT2D eigenvalue weighted by molar-refractivity contribution is 6.31. The summed E-state index contributed by atoms with van der Waals surface area (Å²) in [6.45, 7) is 1.39. The molecule has 1 aromatic carbocycles. The molecule has 0 fully saturated rings. The van der Waals surface area contributed by atoms with Crippen molar-refractivity contribution < 1.29 is 0 Å². The van der Waals surface area contributed by atoms with Gasteiger partial charge in [-0.15, -0.1) is 0 Å². The van der Waals surface area contributed by atoms with E-state index < -0.39 is 0 Å². The second kappa shape index (κ2) is 4.59. The number of nitrogens with two attached hydrogens (primary N) is 1. The number of aromatic nitrogens is 1. The molecule has 0 aliphatic carbocycles. The van der Waals surface area contributed by atoms with Gasteiger partial charge in [0.2, 0.25) is 0 Å². The number of halogens is 1. The van der Waals surface area contributed by atoms with Gasteiger partial charge in [0.1, 0.15) is 5.82 Å². The summed E-state index contributed by atoms with van der Waals surface area (Å²) in [6.07, 6.45) is 2.73. The van der Waals surface area contributed by atoms with Gasteiger partial charge in [-0.3, -0.25) is 0 Å². The number of hydrogen-bond acceptors (Lipinski definition) is 3. The van der Waals surface area contributed by atoms with Crippen LogP contribution in [-0.2, 0) is 13.0 Å². The van der Waals surface area contributed by atoms with Gasteiger partial charge in [-0.2, -0.15) is 0 Å². The zero-order valence-electron chi connectivity index (χ0n) is 9.94. The molecule has 18 heavy (non-hydrogen) atoms. The molecule has 1 aromatic heterocycles. The topological polar surface area (TPSA) is 42.1 Å².